The van der Waals surface area contributed by atoms with Gasteiger partial charge in [-0.3, -0.25) is 4.79 Å². The van der Waals surface area contributed by atoms with E-state index in [2.05, 4.69) is 10.2 Å². The van der Waals surface area contributed by atoms with Gasteiger partial charge in [-0.25, -0.2) is 8.78 Å². The number of rotatable bonds is 4. The van der Waals surface area contributed by atoms with Crippen molar-refractivity contribution in [2.45, 2.75) is 0 Å². The van der Waals surface area contributed by atoms with Crippen molar-refractivity contribution in [3.8, 4) is 6.07 Å². The van der Waals surface area contributed by atoms with Crippen molar-refractivity contribution >= 4 is 23.4 Å². The largest absolute Gasteiger partial charge is 0.378 e. The molecule has 0 radical (unpaired) electrons. The molecule has 0 aliphatic carbocycles. The molecule has 1 N–H and O–H groups in total. The normalized spacial score (nSPS) is 14.6. The first-order chi connectivity index (χ1) is 13.1. The number of hydrogen-bond donors (Lipinski definition) is 1. The van der Waals surface area contributed by atoms with Crippen LogP contribution in [0.2, 0.25) is 0 Å². The Morgan fingerprint density at radius 2 is 1.74 bits per heavy atom. The quantitative estimate of drug-likeness (QED) is 0.663. The van der Waals surface area contributed by atoms with Crippen molar-refractivity contribution in [2.24, 2.45) is 0 Å². The predicted molar refractivity (Wildman–Crippen MR) is 98.1 cm³/mol. The van der Waals surface area contributed by atoms with Crippen LogP contribution in [-0.4, -0.2) is 32.2 Å². The lowest BCUT2D eigenvalue weighted by molar-refractivity contribution is -0.112. The van der Waals surface area contributed by atoms with E-state index in [-0.39, 0.29) is 0 Å². The number of amides is 1. The van der Waals surface area contributed by atoms with E-state index in [1.807, 2.05) is 12.1 Å². The van der Waals surface area contributed by atoms with E-state index in [0.717, 1.165) is 37.0 Å². The predicted octanol–water partition coefficient (Wildman–Crippen LogP) is 3.35. The summed E-state index contributed by atoms with van der Waals surface area (Å²) in [7, 11) is 0. The van der Waals surface area contributed by atoms with Crippen molar-refractivity contribution in [2.75, 3.05) is 36.5 Å². The van der Waals surface area contributed by atoms with Gasteiger partial charge in [0, 0.05) is 30.0 Å². The minimum absolute atomic E-state index is 0.392. The van der Waals surface area contributed by atoms with Crippen LogP contribution < -0.4 is 10.2 Å². The number of ether oxygens (including phenoxy) is 1. The van der Waals surface area contributed by atoms with Crippen LogP contribution in [0.5, 0.6) is 0 Å². The molecule has 2 aromatic rings. The van der Waals surface area contributed by atoms with Crippen molar-refractivity contribution in [1.82, 2.24) is 0 Å². The second kappa shape index (κ2) is 8.43. The molecular formula is C20H17F2N3O2. The van der Waals surface area contributed by atoms with Crippen LogP contribution in [0.3, 0.4) is 0 Å². The summed E-state index contributed by atoms with van der Waals surface area (Å²) in [6.07, 6.45) is 0.905. The average Bonchev–Trinajstić information content (AvgIpc) is 2.69. The molecule has 27 heavy (non-hydrogen) atoms. The maximum atomic E-state index is 13.7. The smallest absolute Gasteiger partial charge is 0.266 e. The van der Waals surface area contributed by atoms with E-state index in [1.54, 1.807) is 18.2 Å². The molecule has 0 bridgehead atoms. The fraction of sp³-hybridized carbons (Fsp3) is 0.200. The number of carbonyl (C=O) groups excluding carboxylic acids is 1. The zero-order valence-corrected chi connectivity index (χ0v) is 14.4. The summed E-state index contributed by atoms with van der Waals surface area (Å²) in [5.41, 5.74) is 0.663. The second-order valence-corrected chi connectivity index (χ2v) is 5.91. The zero-order chi connectivity index (χ0) is 19.2. The molecule has 1 heterocycles. The molecule has 1 aliphatic heterocycles. The third kappa shape index (κ3) is 4.49. The molecule has 5 nitrogen and oxygen atoms in total. The summed E-state index contributed by atoms with van der Waals surface area (Å²) in [6.45, 7) is 2.92. The molecule has 138 valence electrons. The number of morpholine rings is 1. The van der Waals surface area contributed by atoms with Gasteiger partial charge in [-0.1, -0.05) is 6.07 Å². The number of nitriles is 1. The molecule has 0 unspecified atom stereocenters. The SMILES string of the molecule is N#C/C(=C\c1c(F)cccc1F)C(=O)Nc1ccc(N2CCOCC2)cc1. The topological polar surface area (TPSA) is 65.4 Å². The number of anilines is 2. The Kier molecular flexibility index (Phi) is 5.79. The molecule has 1 fully saturated rings. The summed E-state index contributed by atoms with van der Waals surface area (Å²) in [6, 6.07) is 12.1. The maximum Gasteiger partial charge on any atom is 0.266 e. The van der Waals surface area contributed by atoms with Crippen LogP contribution >= 0.6 is 0 Å². The minimum atomic E-state index is -0.842. The summed E-state index contributed by atoms with van der Waals surface area (Å²) in [5.74, 6) is -2.42. The highest BCUT2D eigenvalue weighted by molar-refractivity contribution is 6.09. The minimum Gasteiger partial charge on any atom is -0.378 e. The number of benzene rings is 2. The lowest BCUT2D eigenvalue weighted by Gasteiger charge is -2.28. The van der Waals surface area contributed by atoms with Gasteiger partial charge in [0.05, 0.1) is 13.2 Å². The Labute approximate surface area is 155 Å². The van der Waals surface area contributed by atoms with Crippen molar-refractivity contribution < 1.29 is 18.3 Å². The van der Waals surface area contributed by atoms with Crippen molar-refractivity contribution in [3.63, 3.8) is 0 Å². The molecule has 0 spiro atoms. The van der Waals surface area contributed by atoms with Crippen molar-refractivity contribution in [3.05, 3.63) is 65.2 Å². The fourth-order valence-electron chi connectivity index (χ4n) is 2.72. The monoisotopic (exact) mass is 369 g/mol. The van der Waals surface area contributed by atoms with Crippen LogP contribution in [-0.2, 0) is 9.53 Å². The standard InChI is InChI=1S/C20H17F2N3O2/c21-18-2-1-3-19(22)17(18)12-14(13-23)20(26)24-15-4-6-16(7-5-15)25-8-10-27-11-9-25/h1-7,12H,8-11H2,(H,24,26)/b14-12+. The molecule has 7 heteroatoms. The highest BCUT2D eigenvalue weighted by Crippen LogP contribution is 2.20. The summed E-state index contributed by atoms with van der Waals surface area (Å²) in [4.78, 5) is 14.4. The molecule has 0 saturated carbocycles. The third-order valence-electron chi connectivity index (χ3n) is 4.15. The highest BCUT2D eigenvalue weighted by Gasteiger charge is 2.14. The number of nitrogens with zero attached hydrogens (tertiary/aromatic N) is 2. The lowest BCUT2D eigenvalue weighted by Crippen LogP contribution is -2.36. The first-order valence-electron chi connectivity index (χ1n) is 8.38. The molecule has 2 aromatic carbocycles. The van der Waals surface area contributed by atoms with Gasteiger partial charge in [0.2, 0.25) is 0 Å². The van der Waals surface area contributed by atoms with E-state index in [0.29, 0.717) is 18.9 Å². The van der Waals surface area contributed by atoms with E-state index in [1.165, 1.54) is 6.07 Å². The molecular weight excluding hydrogens is 352 g/mol. The van der Waals surface area contributed by atoms with E-state index >= 15 is 0 Å². The van der Waals surface area contributed by atoms with Gasteiger partial charge in [-0.15, -0.1) is 0 Å². The number of carbonyl (C=O) groups is 1. The van der Waals surface area contributed by atoms with E-state index in [9.17, 15) is 18.8 Å². The van der Waals surface area contributed by atoms with Gasteiger partial charge in [0.1, 0.15) is 23.3 Å². The lowest BCUT2D eigenvalue weighted by atomic mass is 10.1. The molecule has 1 aliphatic rings. The van der Waals surface area contributed by atoms with E-state index in [4.69, 9.17) is 4.74 Å². The zero-order valence-electron chi connectivity index (χ0n) is 14.4. The van der Waals surface area contributed by atoms with Gasteiger partial charge in [-0.2, -0.15) is 5.26 Å². The Morgan fingerprint density at radius 3 is 2.33 bits per heavy atom. The van der Waals surface area contributed by atoms with Crippen LogP contribution in [0.4, 0.5) is 20.2 Å². The Morgan fingerprint density at radius 1 is 1.11 bits per heavy atom. The van der Waals surface area contributed by atoms with Crippen LogP contribution in [0.15, 0.2) is 48.0 Å². The van der Waals surface area contributed by atoms with Gasteiger partial charge < -0.3 is 15.0 Å². The van der Waals surface area contributed by atoms with Crippen LogP contribution in [0, 0.1) is 23.0 Å². The third-order valence-corrected chi connectivity index (χ3v) is 4.15. The Balaban J connectivity index is 1.73. The Hall–Kier alpha value is -3.24. The Bertz CT molecular complexity index is 878. The molecule has 3 rings (SSSR count). The number of halogens is 2. The number of hydrogen-bond acceptors (Lipinski definition) is 4. The molecule has 0 atom stereocenters. The average molecular weight is 369 g/mol. The highest BCUT2D eigenvalue weighted by atomic mass is 19.1. The van der Waals surface area contributed by atoms with E-state index < -0.39 is 28.7 Å². The second-order valence-electron chi connectivity index (χ2n) is 5.91. The van der Waals surface area contributed by atoms with Gasteiger partial charge in [0.15, 0.2) is 0 Å². The maximum absolute atomic E-state index is 13.7. The van der Waals surface area contributed by atoms with Crippen LogP contribution in [0.25, 0.3) is 6.08 Å². The van der Waals surface area contributed by atoms with Gasteiger partial charge >= 0.3 is 0 Å². The first-order valence-corrected chi connectivity index (χ1v) is 8.38. The van der Waals surface area contributed by atoms with Gasteiger partial charge in [-0.05, 0) is 42.5 Å². The molecule has 1 saturated heterocycles. The summed E-state index contributed by atoms with van der Waals surface area (Å²) in [5, 5.41) is 11.8. The summed E-state index contributed by atoms with van der Waals surface area (Å²) >= 11 is 0. The summed E-state index contributed by atoms with van der Waals surface area (Å²) < 4.78 is 32.8. The van der Waals surface area contributed by atoms with Crippen molar-refractivity contribution in [1.29, 1.82) is 5.26 Å². The molecule has 1 amide bonds. The number of nitrogens with one attached hydrogen (secondary N) is 1. The van der Waals surface area contributed by atoms with Gasteiger partial charge in [0.25, 0.3) is 5.91 Å². The fourth-order valence-corrected chi connectivity index (χ4v) is 2.72. The molecule has 0 aromatic heterocycles. The van der Waals surface area contributed by atoms with Crippen LogP contribution in [0.1, 0.15) is 5.56 Å². The first kappa shape index (κ1) is 18.5.